The summed E-state index contributed by atoms with van der Waals surface area (Å²) in [7, 11) is 0. The molecule has 1 aliphatic heterocycles. The Morgan fingerprint density at radius 3 is 2.65 bits per heavy atom. The first-order valence-electron chi connectivity index (χ1n) is 7.16. The highest BCUT2D eigenvalue weighted by atomic mass is 32.1. The summed E-state index contributed by atoms with van der Waals surface area (Å²) in [5.41, 5.74) is 1.22. The highest BCUT2D eigenvalue weighted by Crippen LogP contribution is 2.45. The van der Waals surface area contributed by atoms with Gasteiger partial charge in [-0.05, 0) is 51.0 Å². The number of aromatic amines is 2. The average molecular weight is 307 g/mol. The normalized spacial score (nSPS) is 19.8. The van der Waals surface area contributed by atoms with E-state index >= 15 is 0 Å². The fourth-order valence-corrected chi connectivity index (χ4v) is 4.04. The molecule has 2 aromatic heterocycles. The maximum atomic E-state index is 5.06. The molecule has 106 valence electrons. The van der Waals surface area contributed by atoms with Gasteiger partial charge in [-0.3, -0.25) is 15.1 Å². The van der Waals surface area contributed by atoms with E-state index in [-0.39, 0.29) is 0 Å². The topological polar surface area (TPSA) is 60.6 Å². The van der Waals surface area contributed by atoms with Crippen molar-refractivity contribution in [3.8, 4) is 10.7 Å². The molecule has 4 rings (SSSR count). The highest BCUT2D eigenvalue weighted by Gasteiger charge is 2.31. The number of aromatic nitrogens is 4. The Labute approximate surface area is 126 Å². The van der Waals surface area contributed by atoms with Crippen molar-refractivity contribution in [3.05, 3.63) is 15.5 Å². The van der Waals surface area contributed by atoms with Crippen molar-refractivity contribution in [2.24, 2.45) is 0 Å². The maximum absolute atomic E-state index is 5.06. The molecule has 20 heavy (non-hydrogen) atoms. The molecule has 1 saturated carbocycles. The third-order valence-corrected chi connectivity index (χ3v) is 5.19. The number of likely N-dealkylation sites (tertiary alicyclic amines) is 1. The predicted octanol–water partition coefficient (Wildman–Crippen LogP) is 3.06. The molecule has 0 spiro atoms. The summed E-state index contributed by atoms with van der Waals surface area (Å²) < 4.78 is 0.510. The van der Waals surface area contributed by atoms with Crippen LogP contribution in [-0.2, 0) is 6.54 Å². The summed E-state index contributed by atoms with van der Waals surface area (Å²) in [5, 5.41) is 7.17. The molecule has 1 saturated heterocycles. The van der Waals surface area contributed by atoms with Gasteiger partial charge in [0.1, 0.15) is 5.01 Å². The van der Waals surface area contributed by atoms with E-state index in [0.717, 1.165) is 12.4 Å². The summed E-state index contributed by atoms with van der Waals surface area (Å²) >= 11 is 6.83. The third-order valence-electron chi connectivity index (χ3n) is 3.94. The number of rotatable bonds is 4. The molecule has 0 radical (unpaired) electrons. The van der Waals surface area contributed by atoms with Crippen LogP contribution < -0.4 is 0 Å². The Hall–Kier alpha value is -1.05. The van der Waals surface area contributed by atoms with Gasteiger partial charge in [0.05, 0.1) is 17.1 Å². The lowest BCUT2D eigenvalue weighted by molar-refractivity contribution is 0.330. The van der Waals surface area contributed by atoms with Crippen LogP contribution in [0.2, 0.25) is 0 Å². The number of H-pyrrole nitrogens is 2. The minimum absolute atomic E-state index is 0.510. The second-order valence-electron chi connectivity index (χ2n) is 5.60. The van der Waals surface area contributed by atoms with Gasteiger partial charge < -0.3 is 0 Å². The zero-order valence-corrected chi connectivity index (χ0v) is 12.8. The van der Waals surface area contributed by atoms with Gasteiger partial charge in [0.15, 0.2) is 5.82 Å². The quantitative estimate of drug-likeness (QED) is 0.852. The molecule has 0 atom stereocenters. The van der Waals surface area contributed by atoms with E-state index in [9.17, 15) is 0 Å². The van der Waals surface area contributed by atoms with E-state index < -0.39 is 0 Å². The Bertz CT molecular complexity index is 660. The van der Waals surface area contributed by atoms with Crippen LogP contribution in [0.5, 0.6) is 0 Å². The summed E-state index contributed by atoms with van der Waals surface area (Å²) in [5.74, 6) is 1.48. The van der Waals surface area contributed by atoms with E-state index in [1.807, 2.05) is 0 Å². The lowest BCUT2D eigenvalue weighted by atomic mass is 10.2. The van der Waals surface area contributed by atoms with Gasteiger partial charge in [0.2, 0.25) is 4.77 Å². The Morgan fingerprint density at radius 2 is 2.00 bits per heavy atom. The summed E-state index contributed by atoms with van der Waals surface area (Å²) in [6.07, 6.45) is 5.15. The van der Waals surface area contributed by atoms with Crippen molar-refractivity contribution in [1.29, 1.82) is 0 Å². The lowest BCUT2D eigenvalue weighted by Crippen LogP contribution is -2.18. The van der Waals surface area contributed by atoms with E-state index in [1.54, 1.807) is 11.3 Å². The van der Waals surface area contributed by atoms with Crippen LogP contribution in [0.25, 0.3) is 10.7 Å². The molecule has 2 aliphatic rings. The molecule has 2 aromatic rings. The molecule has 0 unspecified atom stereocenters. The number of hydrogen-bond acceptors (Lipinski definition) is 5. The van der Waals surface area contributed by atoms with E-state index in [2.05, 4.69) is 20.1 Å². The van der Waals surface area contributed by atoms with Crippen LogP contribution in [0.15, 0.2) is 0 Å². The van der Waals surface area contributed by atoms with Crippen LogP contribution >= 0.6 is 23.6 Å². The van der Waals surface area contributed by atoms with Gasteiger partial charge >= 0.3 is 0 Å². The molecule has 5 nitrogen and oxygen atoms in total. The molecule has 2 fully saturated rings. The van der Waals surface area contributed by atoms with Gasteiger partial charge in [0, 0.05) is 5.92 Å². The Morgan fingerprint density at radius 1 is 1.20 bits per heavy atom. The van der Waals surface area contributed by atoms with Crippen molar-refractivity contribution in [1.82, 2.24) is 25.1 Å². The average Bonchev–Trinajstić information content (AvgIpc) is 2.86. The molecule has 7 heteroatoms. The zero-order valence-electron chi connectivity index (χ0n) is 11.2. The summed E-state index contributed by atoms with van der Waals surface area (Å²) in [4.78, 5) is 12.9. The van der Waals surface area contributed by atoms with Gasteiger partial charge in [-0.15, -0.1) is 11.3 Å². The minimum atomic E-state index is 0.510. The van der Waals surface area contributed by atoms with Crippen LogP contribution in [-0.4, -0.2) is 38.2 Å². The van der Waals surface area contributed by atoms with Gasteiger partial charge in [-0.1, -0.05) is 0 Å². The summed E-state index contributed by atoms with van der Waals surface area (Å²) in [6, 6.07) is 0. The second kappa shape index (κ2) is 5.05. The Kier molecular flexibility index (Phi) is 3.20. The lowest BCUT2D eigenvalue weighted by Gasteiger charge is -2.11. The number of hydrogen-bond donors (Lipinski definition) is 2. The van der Waals surface area contributed by atoms with Crippen LogP contribution in [0.4, 0.5) is 0 Å². The third kappa shape index (κ3) is 2.45. The van der Waals surface area contributed by atoms with Crippen molar-refractivity contribution in [3.63, 3.8) is 0 Å². The molecule has 1 aliphatic carbocycles. The van der Waals surface area contributed by atoms with Crippen LogP contribution in [0, 0.1) is 4.77 Å². The van der Waals surface area contributed by atoms with Crippen LogP contribution in [0.1, 0.15) is 42.3 Å². The fraction of sp³-hybridized carbons (Fsp3) is 0.615. The number of nitrogens with one attached hydrogen (secondary N) is 2. The summed E-state index contributed by atoms with van der Waals surface area (Å²) in [6.45, 7) is 3.40. The number of nitrogens with zero attached hydrogens (tertiary/aromatic N) is 3. The highest BCUT2D eigenvalue weighted by molar-refractivity contribution is 7.71. The first-order chi connectivity index (χ1) is 9.79. The van der Waals surface area contributed by atoms with Crippen molar-refractivity contribution in [2.45, 2.75) is 38.1 Å². The first-order valence-corrected chi connectivity index (χ1v) is 8.39. The number of thiazole rings is 1. The smallest absolute Gasteiger partial charge is 0.213 e. The van der Waals surface area contributed by atoms with E-state index in [0.29, 0.717) is 10.7 Å². The van der Waals surface area contributed by atoms with Crippen molar-refractivity contribution < 1.29 is 0 Å². The van der Waals surface area contributed by atoms with Gasteiger partial charge in [-0.25, -0.2) is 4.98 Å². The van der Waals surface area contributed by atoms with Gasteiger partial charge in [-0.2, -0.15) is 4.98 Å². The predicted molar refractivity (Wildman–Crippen MR) is 81.4 cm³/mol. The van der Waals surface area contributed by atoms with E-state index in [4.69, 9.17) is 17.2 Å². The zero-order chi connectivity index (χ0) is 13.5. The van der Waals surface area contributed by atoms with Crippen LogP contribution in [0.3, 0.4) is 0 Å². The van der Waals surface area contributed by atoms with Gasteiger partial charge in [0.25, 0.3) is 0 Å². The fourth-order valence-electron chi connectivity index (χ4n) is 2.76. The molecular weight excluding hydrogens is 290 g/mol. The first kappa shape index (κ1) is 12.7. The minimum Gasteiger partial charge on any atom is -0.297 e. The molecule has 0 amide bonds. The Balaban J connectivity index is 1.66. The van der Waals surface area contributed by atoms with Crippen molar-refractivity contribution in [2.75, 3.05) is 13.1 Å². The molecule has 3 heterocycles. The largest absolute Gasteiger partial charge is 0.297 e. The van der Waals surface area contributed by atoms with Crippen molar-refractivity contribution >= 4 is 23.6 Å². The van der Waals surface area contributed by atoms with E-state index in [1.165, 1.54) is 54.4 Å². The SMILES string of the molecule is S=c1nc(-c2sc(CN3CCCC3)nc2C2CC2)[nH][nH]1. The second-order valence-corrected chi connectivity index (χ2v) is 7.07. The maximum Gasteiger partial charge on any atom is 0.213 e. The monoisotopic (exact) mass is 307 g/mol. The molecule has 2 N–H and O–H groups in total. The standard InChI is InChI=1S/C13H17N5S2/c19-13-15-12(16-17-13)11-10(8-3-4-8)14-9(20-11)7-18-5-1-2-6-18/h8H,1-7H2,(H2,15,16,17,19). The molecular formula is C13H17N5S2. The molecule has 0 aromatic carbocycles. The molecule has 0 bridgehead atoms.